The van der Waals surface area contributed by atoms with Gasteiger partial charge in [0.15, 0.2) is 5.78 Å². The summed E-state index contributed by atoms with van der Waals surface area (Å²) < 4.78 is 63.4. The van der Waals surface area contributed by atoms with Gasteiger partial charge in [-0.2, -0.15) is 21.6 Å². The number of rotatable bonds is 2. The van der Waals surface area contributed by atoms with E-state index in [1.54, 1.807) is 0 Å². The monoisotopic (exact) mass is 286 g/mol. The van der Waals surface area contributed by atoms with Crippen molar-refractivity contribution in [3.8, 4) is 0 Å². The Morgan fingerprint density at radius 3 is 2.22 bits per heavy atom. The van der Waals surface area contributed by atoms with Crippen LogP contribution in [0.2, 0.25) is 0 Å². The van der Waals surface area contributed by atoms with Crippen molar-refractivity contribution in [1.29, 1.82) is 0 Å². The number of carbonyl (C=O) groups is 1. The lowest BCUT2D eigenvalue weighted by Crippen LogP contribution is -2.46. The Kier molecular flexibility index (Phi) is 3.21. The molecule has 0 spiro atoms. The number of hydrogen-bond donors (Lipinski definition) is 0. The van der Waals surface area contributed by atoms with E-state index in [1.165, 1.54) is 0 Å². The maximum Gasteiger partial charge on any atom is 0.523 e. The molecule has 3 saturated carbocycles. The third-order valence-corrected chi connectivity index (χ3v) is 4.86. The zero-order chi connectivity index (χ0) is 13.6. The number of hydrogen-bond acceptors (Lipinski definition) is 4. The number of fused-ring (bicyclic) bond motifs is 4. The molecule has 18 heavy (non-hydrogen) atoms. The van der Waals surface area contributed by atoms with E-state index < -0.39 is 27.0 Å². The summed E-state index contributed by atoms with van der Waals surface area (Å²) in [4.78, 5) is 11.8. The predicted molar refractivity (Wildman–Crippen MR) is 55.0 cm³/mol. The molecule has 0 aliphatic heterocycles. The Labute approximate surface area is 103 Å². The van der Waals surface area contributed by atoms with Crippen molar-refractivity contribution < 1.29 is 30.6 Å². The molecule has 3 rings (SSSR count). The number of halogens is 3. The minimum atomic E-state index is -5.71. The van der Waals surface area contributed by atoms with Crippen molar-refractivity contribution in [2.75, 3.05) is 0 Å². The van der Waals surface area contributed by atoms with Crippen LogP contribution in [0, 0.1) is 5.92 Å². The van der Waals surface area contributed by atoms with Crippen LogP contribution in [-0.4, -0.2) is 25.3 Å². The smallest absolute Gasteiger partial charge is 0.296 e. The standard InChI is InChI=1S/C10H13F3O4S/c11-10(12,13)18(15,16)17-9-5-3-7(4-6-9)1-2-8(9)14/h7H,1-6H2. The van der Waals surface area contributed by atoms with Crippen molar-refractivity contribution in [2.45, 2.75) is 49.6 Å². The van der Waals surface area contributed by atoms with Gasteiger partial charge in [-0.25, -0.2) is 4.18 Å². The molecule has 0 aromatic heterocycles. The highest BCUT2D eigenvalue weighted by molar-refractivity contribution is 7.87. The molecular weight excluding hydrogens is 273 g/mol. The van der Waals surface area contributed by atoms with Gasteiger partial charge in [0.25, 0.3) is 0 Å². The predicted octanol–water partition coefficient (Wildman–Crippen LogP) is 2.14. The van der Waals surface area contributed by atoms with E-state index in [0.717, 1.165) is 0 Å². The molecule has 2 bridgehead atoms. The summed E-state index contributed by atoms with van der Waals surface area (Å²) in [6, 6.07) is 0. The number of carbonyl (C=O) groups excluding carboxylic acids is 1. The van der Waals surface area contributed by atoms with Gasteiger partial charge in [0, 0.05) is 6.42 Å². The van der Waals surface area contributed by atoms with E-state index in [0.29, 0.717) is 25.2 Å². The van der Waals surface area contributed by atoms with Crippen LogP contribution in [0.1, 0.15) is 38.5 Å². The first kappa shape index (κ1) is 13.8. The largest absolute Gasteiger partial charge is 0.523 e. The zero-order valence-corrected chi connectivity index (χ0v) is 10.3. The van der Waals surface area contributed by atoms with Crippen molar-refractivity contribution in [2.24, 2.45) is 5.92 Å². The minimum Gasteiger partial charge on any atom is -0.296 e. The van der Waals surface area contributed by atoms with Crippen LogP contribution in [0.25, 0.3) is 0 Å². The highest BCUT2D eigenvalue weighted by Crippen LogP contribution is 2.44. The van der Waals surface area contributed by atoms with Gasteiger partial charge < -0.3 is 0 Å². The topological polar surface area (TPSA) is 60.4 Å². The number of alkyl halides is 3. The quantitative estimate of drug-likeness (QED) is 0.576. The Bertz CT molecular complexity index is 446. The van der Waals surface area contributed by atoms with E-state index in [2.05, 4.69) is 4.18 Å². The van der Waals surface area contributed by atoms with Crippen molar-refractivity contribution in [3.05, 3.63) is 0 Å². The lowest BCUT2D eigenvalue weighted by molar-refractivity contribution is -0.137. The third-order valence-electron chi connectivity index (χ3n) is 3.75. The van der Waals surface area contributed by atoms with E-state index >= 15 is 0 Å². The summed E-state index contributed by atoms with van der Waals surface area (Å²) in [6.07, 6.45) is 1.91. The fraction of sp³-hybridized carbons (Fsp3) is 0.900. The van der Waals surface area contributed by atoms with Gasteiger partial charge in [-0.3, -0.25) is 4.79 Å². The van der Waals surface area contributed by atoms with Gasteiger partial charge in [0.2, 0.25) is 0 Å². The first-order valence-electron chi connectivity index (χ1n) is 5.71. The van der Waals surface area contributed by atoms with Crippen LogP contribution in [0.15, 0.2) is 0 Å². The average molecular weight is 286 g/mol. The van der Waals surface area contributed by atoms with Crippen LogP contribution in [0.4, 0.5) is 13.2 Å². The first-order chi connectivity index (χ1) is 8.16. The molecule has 4 nitrogen and oxygen atoms in total. The van der Waals surface area contributed by atoms with Crippen molar-refractivity contribution in [1.82, 2.24) is 0 Å². The molecule has 8 heteroatoms. The van der Waals surface area contributed by atoms with Gasteiger partial charge in [-0.1, -0.05) is 0 Å². The Morgan fingerprint density at radius 1 is 1.17 bits per heavy atom. The van der Waals surface area contributed by atoms with Gasteiger partial charge in [-0.05, 0) is 38.0 Å². The first-order valence-corrected chi connectivity index (χ1v) is 7.12. The third kappa shape index (κ3) is 2.27. The Balaban J connectivity index is 2.29. The summed E-state index contributed by atoms with van der Waals surface area (Å²) in [5.74, 6) is -0.225. The molecule has 0 heterocycles. The van der Waals surface area contributed by atoms with Crippen molar-refractivity contribution >= 4 is 15.9 Å². The van der Waals surface area contributed by atoms with Gasteiger partial charge in [-0.15, -0.1) is 0 Å². The van der Waals surface area contributed by atoms with Gasteiger partial charge in [0.1, 0.15) is 5.60 Å². The zero-order valence-electron chi connectivity index (χ0n) is 9.50. The van der Waals surface area contributed by atoms with Gasteiger partial charge in [0.05, 0.1) is 0 Å². The SMILES string of the molecule is O=C1CCC2CCC1(OS(=O)(=O)C(F)(F)F)CC2. The summed E-state index contributed by atoms with van der Waals surface area (Å²) in [6.45, 7) is 0. The molecular formula is C10H13F3O4S. The Morgan fingerprint density at radius 2 is 1.72 bits per heavy atom. The molecule has 3 fully saturated rings. The Hall–Kier alpha value is -0.630. The maximum absolute atomic E-state index is 12.3. The van der Waals surface area contributed by atoms with Crippen LogP contribution in [-0.2, 0) is 19.1 Å². The normalized spacial score (nSPS) is 33.5. The van der Waals surface area contributed by atoms with Crippen LogP contribution in [0.3, 0.4) is 0 Å². The average Bonchev–Trinajstić information content (AvgIpc) is 2.47. The highest BCUT2D eigenvalue weighted by atomic mass is 32.2. The fourth-order valence-corrected chi connectivity index (χ4v) is 3.44. The lowest BCUT2D eigenvalue weighted by atomic mass is 9.80. The fourth-order valence-electron chi connectivity index (χ4n) is 2.66. The minimum absolute atomic E-state index is 0.0613. The molecule has 3 aliphatic carbocycles. The molecule has 0 amide bonds. The molecule has 0 aromatic carbocycles. The highest BCUT2D eigenvalue weighted by Gasteiger charge is 2.55. The molecule has 0 atom stereocenters. The molecule has 0 radical (unpaired) electrons. The summed E-state index contributed by atoms with van der Waals surface area (Å²) in [7, 11) is -5.71. The van der Waals surface area contributed by atoms with Crippen LogP contribution in [0.5, 0.6) is 0 Å². The molecule has 3 aliphatic rings. The second kappa shape index (κ2) is 4.19. The van der Waals surface area contributed by atoms with E-state index in [9.17, 15) is 26.4 Å². The van der Waals surface area contributed by atoms with Crippen LogP contribution < -0.4 is 0 Å². The second-order valence-electron chi connectivity index (χ2n) is 4.88. The molecule has 0 saturated heterocycles. The lowest BCUT2D eigenvalue weighted by Gasteiger charge is -2.34. The van der Waals surface area contributed by atoms with E-state index in [-0.39, 0.29) is 19.3 Å². The molecule has 104 valence electrons. The summed E-state index contributed by atoms with van der Waals surface area (Å²) >= 11 is 0. The van der Waals surface area contributed by atoms with Gasteiger partial charge >= 0.3 is 15.6 Å². The second-order valence-corrected chi connectivity index (χ2v) is 6.42. The van der Waals surface area contributed by atoms with E-state index in [4.69, 9.17) is 0 Å². The van der Waals surface area contributed by atoms with Crippen molar-refractivity contribution in [3.63, 3.8) is 0 Å². The molecule has 0 unspecified atom stereocenters. The summed E-state index contributed by atoms with van der Waals surface area (Å²) in [5, 5.41) is 0. The maximum atomic E-state index is 12.3. The number of Topliss-reactive ketones (excluding diaryl/α,β-unsaturated/α-hetero) is 1. The van der Waals surface area contributed by atoms with Crippen LogP contribution >= 0.6 is 0 Å². The van der Waals surface area contributed by atoms with E-state index in [1.807, 2.05) is 0 Å². The summed E-state index contributed by atoms with van der Waals surface area (Å²) in [5.41, 5.74) is -7.26. The number of ketones is 1. The molecule has 0 N–H and O–H groups in total. The molecule has 0 aromatic rings.